The highest BCUT2D eigenvalue weighted by Gasteiger charge is 2.22. The number of hydrogen-bond acceptors (Lipinski definition) is 4. The third-order valence-electron chi connectivity index (χ3n) is 4.15. The molecule has 1 fully saturated rings. The van der Waals surface area contributed by atoms with Crippen molar-refractivity contribution in [2.24, 2.45) is 4.99 Å². The van der Waals surface area contributed by atoms with Crippen molar-refractivity contribution in [1.82, 2.24) is 20.7 Å². The molecular weight excluding hydrogens is 316 g/mol. The number of guanidine groups is 1. The molecule has 0 spiro atoms. The van der Waals surface area contributed by atoms with Gasteiger partial charge >= 0.3 is 0 Å². The Kier molecular flexibility index (Phi) is 6.96. The molecule has 8 heteroatoms. The van der Waals surface area contributed by atoms with Gasteiger partial charge in [0, 0.05) is 32.2 Å². The first-order valence-electron chi connectivity index (χ1n) is 8.41. The lowest BCUT2D eigenvalue weighted by molar-refractivity contribution is 0.0744. The second kappa shape index (κ2) is 8.96. The van der Waals surface area contributed by atoms with Crippen LogP contribution in [-0.4, -0.2) is 55.2 Å². The van der Waals surface area contributed by atoms with Crippen LogP contribution in [-0.2, 0) is 6.54 Å². The molecule has 0 radical (unpaired) electrons. The average Bonchev–Trinajstić information content (AvgIpc) is 3.02. The van der Waals surface area contributed by atoms with Gasteiger partial charge in [-0.3, -0.25) is 9.89 Å². The molecule has 6 nitrogen and oxygen atoms in total. The van der Waals surface area contributed by atoms with Gasteiger partial charge in [0.15, 0.2) is 11.7 Å². The lowest BCUT2D eigenvalue weighted by Crippen LogP contribution is -2.49. The highest BCUT2D eigenvalue weighted by molar-refractivity contribution is 5.79. The molecule has 136 valence electrons. The van der Waals surface area contributed by atoms with E-state index in [4.69, 9.17) is 4.52 Å². The molecule has 24 heavy (non-hydrogen) atoms. The van der Waals surface area contributed by atoms with E-state index < -0.39 is 6.43 Å². The van der Waals surface area contributed by atoms with Crippen LogP contribution >= 0.6 is 0 Å². The molecule has 1 aromatic rings. The van der Waals surface area contributed by atoms with E-state index in [0.29, 0.717) is 31.5 Å². The summed E-state index contributed by atoms with van der Waals surface area (Å²) >= 11 is 0. The number of halogens is 2. The van der Waals surface area contributed by atoms with Crippen LogP contribution in [0.4, 0.5) is 8.78 Å². The molecule has 0 aliphatic carbocycles. The molecule has 0 amide bonds. The fraction of sp³-hybridized carbons (Fsp3) is 0.750. The number of likely N-dealkylation sites (tertiary alicyclic amines) is 1. The van der Waals surface area contributed by atoms with Gasteiger partial charge < -0.3 is 15.2 Å². The molecule has 2 heterocycles. The highest BCUT2D eigenvalue weighted by atomic mass is 19.3. The summed E-state index contributed by atoms with van der Waals surface area (Å²) < 4.78 is 30.1. The molecule has 1 aromatic heterocycles. The fourth-order valence-corrected chi connectivity index (χ4v) is 2.70. The summed E-state index contributed by atoms with van der Waals surface area (Å²) in [6.45, 7) is 5.86. The van der Waals surface area contributed by atoms with Crippen LogP contribution < -0.4 is 10.6 Å². The van der Waals surface area contributed by atoms with Crippen LogP contribution in [0.15, 0.2) is 15.6 Å². The van der Waals surface area contributed by atoms with Crippen molar-refractivity contribution >= 4 is 5.96 Å². The number of hydrogen-bond donors (Lipinski definition) is 2. The Morgan fingerprint density at radius 2 is 2.12 bits per heavy atom. The van der Waals surface area contributed by atoms with Crippen molar-refractivity contribution in [3.05, 3.63) is 17.5 Å². The highest BCUT2D eigenvalue weighted by Crippen LogP contribution is 2.14. The van der Waals surface area contributed by atoms with Crippen LogP contribution in [0.1, 0.15) is 44.1 Å². The molecule has 0 atom stereocenters. The van der Waals surface area contributed by atoms with E-state index in [0.717, 1.165) is 24.3 Å². The summed E-state index contributed by atoms with van der Waals surface area (Å²) in [4.78, 5) is 6.01. The van der Waals surface area contributed by atoms with Gasteiger partial charge in [-0.25, -0.2) is 8.78 Å². The van der Waals surface area contributed by atoms with E-state index in [1.54, 1.807) is 11.9 Å². The van der Waals surface area contributed by atoms with E-state index in [-0.39, 0.29) is 12.6 Å². The minimum atomic E-state index is -2.26. The number of alkyl halides is 2. The molecule has 0 unspecified atom stereocenters. The molecule has 1 aliphatic heterocycles. The number of aromatic nitrogens is 1. The molecule has 0 aromatic carbocycles. The van der Waals surface area contributed by atoms with E-state index >= 15 is 0 Å². The fourth-order valence-electron chi connectivity index (χ4n) is 2.70. The molecule has 0 saturated carbocycles. The number of aliphatic imine (C=N–C) groups is 1. The van der Waals surface area contributed by atoms with E-state index in [9.17, 15) is 8.78 Å². The minimum Gasteiger partial charge on any atom is -0.359 e. The van der Waals surface area contributed by atoms with Crippen LogP contribution in [0.25, 0.3) is 0 Å². The Labute approximate surface area is 141 Å². The van der Waals surface area contributed by atoms with Crippen LogP contribution in [0.3, 0.4) is 0 Å². The monoisotopic (exact) mass is 343 g/mol. The third kappa shape index (κ3) is 5.74. The van der Waals surface area contributed by atoms with Crippen molar-refractivity contribution < 1.29 is 13.3 Å². The van der Waals surface area contributed by atoms with Crippen molar-refractivity contribution in [3.8, 4) is 0 Å². The second-order valence-corrected chi connectivity index (χ2v) is 6.41. The van der Waals surface area contributed by atoms with Gasteiger partial charge in [-0.1, -0.05) is 19.0 Å². The first kappa shape index (κ1) is 18.6. The average molecular weight is 343 g/mol. The van der Waals surface area contributed by atoms with Gasteiger partial charge in [-0.15, -0.1) is 0 Å². The Morgan fingerprint density at radius 1 is 1.42 bits per heavy atom. The summed E-state index contributed by atoms with van der Waals surface area (Å²) in [5, 5.41) is 10.6. The SMILES string of the molecule is CN=C(NCc1cc(C(C)C)no1)NC1CCN(CC(F)F)CC1. The number of nitrogens with one attached hydrogen (secondary N) is 2. The first-order valence-corrected chi connectivity index (χ1v) is 8.41. The van der Waals surface area contributed by atoms with E-state index in [2.05, 4.69) is 34.6 Å². The second-order valence-electron chi connectivity index (χ2n) is 6.41. The Balaban J connectivity index is 1.74. The smallest absolute Gasteiger partial charge is 0.251 e. The van der Waals surface area contributed by atoms with Gasteiger partial charge in [0.05, 0.1) is 18.8 Å². The van der Waals surface area contributed by atoms with Crippen LogP contribution in [0.2, 0.25) is 0 Å². The van der Waals surface area contributed by atoms with Crippen molar-refractivity contribution in [2.45, 2.75) is 51.6 Å². The number of nitrogens with zero attached hydrogens (tertiary/aromatic N) is 3. The van der Waals surface area contributed by atoms with Crippen LogP contribution in [0.5, 0.6) is 0 Å². The van der Waals surface area contributed by atoms with Crippen LogP contribution in [0, 0.1) is 0 Å². The lowest BCUT2D eigenvalue weighted by atomic mass is 10.1. The summed E-state index contributed by atoms with van der Waals surface area (Å²) in [6, 6.07) is 2.18. The van der Waals surface area contributed by atoms with Crippen molar-refractivity contribution in [2.75, 3.05) is 26.7 Å². The quantitative estimate of drug-likeness (QED) is 0.612. The van der Waals surface area contributed by atoms with Crippen molar-refractivity contribution in [1.29, 1.82) is 0 Å². The molecule has 1 aliphatic rings. The van der Waals surface area contributed by atoms with E-state index in [1.165, 1.54) is 0 Å². The molecule has 2 N–H and O–H groups in total. The largest absolute Gasteiger partial charge is 0.359 e. The lowest BCUT2D eigenvalue weighted by Gasteiger charge is -2.32. The van der Waals surface area contributed by atoms with Gasteiger partial charge in [-0.05, 0) is 18.8 Å². The summed E-state index contributed by atoms with van der Waals surface area (Å²) in [6.07, 6.45) is -0.609. The summed E-state index contributed by atoms with van der Waals surface area (Å²) in [5.74, 6) is 1.77. The summed E-state index contributed by atoms with van der Waals surface area (Å²) in [5.41, 5.74) is 0.932. The van der Waals surface area contributed by atoms with Crippen molar-refractivity contribution in [3.63, 3.8) is 0 Å². The van der Waals surface area contributed by atoms with Gasteiger partial charge in [0.1, 0.15) is 0 Å². The normalized spacial score (nSPS) is 17.7. The molecule has 2 rings (SSSR count). The zero-order valence-corrected chi connectivity index (χ0v) is 14.6. The van der Waals surface area contributed by atoms with Gasteiger partial charge in [0.25, 0.3) is 6.43 Å². The Bertz CT molecular complexity index is 524. The zero-order chi connectivity index (χ0) is 17.5. The maximum atomic E-state index is 12.4. The number of rotatable bonds is 6. The van der Waals surface area contributed by atoms with Gasteiger partial charge in [0.2, 0.25) is 0 Å². The molecule has 1 saturated heterocycles. The summed E-state index contributed by atoms with van der Waals surface area (Å²) in [7, 11) is 1.71. The Hall–Kier alpha value is -1.70. The number of piperidine rings is 1. The zero-order valence-electron chi connectivity index (χ0n) is 14.6. The maximum Gasteiger partial charge on any atom is 0.251 e. The molecule has 0 bridgehead atoms. The standard InChI is InChI=1S/C16H27F2N5O/c1-11(2)14-8-13(24-22-14)9-20-16(19-3)21-12-4-6-23(7-5-12)10-15(17)18/h8,11-12,15H,4-7,9-10H2,1-3H3,(H2,19,20,21). The predicted octanol–water partition coefficient (Wildman–Crippen LogP) is 2.19. The maximum absolute atomic E-state index is 12.4. The Morgan fingerprint density at radius 3 is 2.67 bits per heavy atom. The topological polar surface area (TPSA) is 65.7 Å². The molecular formula is C16H27F2N5O. The third-order valence-corrected chi connectivity index (χ3v) is 4.15. The van der Waals surface area contributed by atoms with E-state index in [1.807, 2.05) is 6.07 Å². The first-order chi connectivity index (χ1) is 11.5. The minimum absolute atomic E-state index is 0.136. The predicted molar refractivity (Wildman–Crippen MR) is 89.4 cm³/mol. The van der Waals surface area contributed by atoms with Gasteiger partial charge in [-0.2, -0.15) is 0 Å².